The molecule has 2 rings (SSSR count). The maximum Gasteiger partial charge on any atom is 0.170 e. The van der Waals surface area contributed by atoms with Crippen LogP contribution in [0.4, 0.5) is 0 Å². The highest BCUT2D eigenvalue weighted by Gasteiger charge is 2.11. The van der Waals surface area contributed by atoms with Crippen LogP contribution in [0.1, 0.15) is 25.1 Å². The van der Waals surface area contributed by atoms with Crippen LogP contribution in [0.3, 0.4) is 0 Å². The maximum absolute atomic E-state index is 5.60. The first-order chi connectivity index (χ1) is 8.24. The molecule has 0 saturated heterocycles. The number of rotatable bonds is 4. The molecule has 0 bridgehead atoms. The van der Waals surface area contributed by atoms with Crippen molar-refractivity contribution in [2.24, 2.45) is 0 Å². The zero-order valence-corrected chi connectivity index (χ0v) is 10.5. The number of aromatic nitrogens is 1. The smallest absolute Gasteiger partial charge is 0.170 e. The first-order valence-electron chi connectivity index (χ1n) is 5.94. The van der Waals surface area contributed by atoms with E-state index in [0.717, 1.165) is 29.2 Å². The van der Waals surface area contributed by atoms with E-state index in [1.807, 2.05) is 25.1 Å². The molecule has 1 aromatic carbocycles. The van der Waals surface area contributed by atoms with E-state index in [1.54, 1.807) is 0 Å². The minimum atomic E-state index is 0.644. The predicted octanol–water partition coefficient (Wildman–Crippen LogP) is 3.61. The summed E-state index contributed by atoms with van der Waals surface area (Å²) in [5, 5.41) is 4.01. The molecule has 0 spiro atoms. The lowest BCUT2D eigenvalue weighted by atomic mass is 10.1. The van der Waals surface area contributed by atoms with Gasteiger partial charge in [0.1, 0.15) is 5.75 Å². The number of ether oxygens (including phenoxy) is 1. The van der Waals surface area contributed by atoms with Crippen LogP contribution in [0, 0.1) is 6.92 Å². The molecule has 0 aliphatic heterocycles. The lowest BCUT2D eigenvalue weighted by molar-refractivity contribution is 0.339. The standard InChI is InChI=1S/C14H17NO2/c1-4-11-9-14(17-15-11)12-8-10(3)6-7-13(12)16-5-2/h6-9H,4-5H2,1-3H3. The predicted molar refractivity (Wildman–Crippen MR) is 67.2 cm³/mol. The number of nitrogens with zero attached hydrogens (tertiary/aromatic N) is 1. The van der Waals surface area contributed by atoms with Crippen LogP contribution in [0.15, 0.2) is 28.8 Å². The molecule has 1 aromatic heterocycles. The van der Waals surface area contributed by atoms with Gasteiger partial charge in [-0.2, -0.15) is 0 Å². The van der Waals surface area contributed by atoms with Gasteiger partial charge in [-0.1, -0.05) is 23.7 Å². The van der Waals surface area contributed by atoms with Crippen LogP contribution in [0.5, 0.6) is 5.75 Å². The first kappa shape index (κ1) is 11.7. The van der Waals surface area contributed by atoms with Gasteiger partial charge in [0, 0.05) is 6.07 Å². The Balaban J connectivity index is 2.44. The molecule has 0 aliphatic carbocycles. The molecule has 3 heteroatoms. The summed E-state index contributed by atoms with van der Waals surface area (Å²) in [6, 6.07) is 8.04. The number of aryl methyl sites for hydroxylation is 2. The molecule has 0 fully saturated rings. The van der Waals surface area contributed by atoms with Crippen molar-refractivity contribution in [3.63, 3.8) is 0 Å². The highest BCUT2D eigenvalue weighted by atomic mass is 16.5. The molecule has 17 heavy (non-hydrogen) atoms. The SMILES string of the molecule is CCOc1ccc(C)cc1-c1cc(CC)no1. The monoisotopic (exact) mass is 231 g/mol. The van der Waals surface area contributed by atoms with Crippen molar-refractivity contribution in [2.75, 3.05) is 6.61 Å². The minimum Gasteiger partial charge on any atom is -0.493 e. The van der Waals surface area contributed by atoms with Gasteiger partial charge in [-0.15, -0.1) is 0 Å². The van der Waals surface area contributed by atoms with Crippen LogP contribution in [-0.2, 0) is 6.42 Å². The average molecular weight is 231 g/mol. The fourth-order valence-corrected chi connectivity index (χ4v) is 1.72. The Labute approximate surface area is 101 Å². The zero-order valence-electron chi connectivity index (χ0n) is 10.5. The second-order valence-corrected chi connectivity index (χ2v) is 3.97. The van der Waals surface area contributed by atoms with Crippen LogP contribution < -0.4 is 4.74 Å². The van der Waals surface area contributed by atoms with Gasteiger partial charge in [0.05, 0.1) is 17.9 Å². The zero-order chi connectivity index (χ0) is 12.3. The fraction of sp³-hybridized carbons (Fsp3) is 0.357. The molecule has 0 N–H and O–H groups in total. The summed E-state index contributed by atoms with van der Waals surface area (Å²) in [6.07, 6.45) is 0.874. The van der Waals surface area contributed by atoms with Gasteiger partial charge >= 0.3 is 0 Å². The number of hydrogen-bond donors (Lipinski definition) is 0. The Bertz CT molecular complexity index is 503. The molecular formula is C14H17NO2. The van der Waals surface area contributed by atoms with Crippen LogP contribution >= 0.6 is 0 Å². The van der Waals surface area contributed by atoms with Crippen LogP contribution in [0.25, 0.3) is 11.3 Å². The van der Waals surface area contributed by atoms with Crippen LogP contribution in [-0.4, -0.2) is 11.8 Å². The van der Waals surface area contributed by atoms with Gasteiger partial charge in [-0.3, -0.25) is 0 Å². The molecule has 0 atom stereocenters. The van der Waals surface area contributed by atoms with Crippen molar-refractivity contribution in [3.8, 4) is 17.1 Å². The van der Waals surface area contributed by atoms with E-state index in [4.69, 9.17) is 9.26 Å². The Morgan fingerprint density at radius 3 is 2.71 bits per heavy atom. The summed E-state index contributed by atoms with van der Waals surface area (Å²) < 4.78 is 11.0. The number of hydrogen-bond acceptors (Lipinski definition) is 3. The van der Waals surface area contributed by atoms with Gasteiger partial charge in [0.2, 0.25) is 0 Å². The third kappa shape index (κ3) is 2.49. The first-order valence-corrected chi connectivity index (χ1v) is 5.94. The fourth-order valence-electron chi connectivity index (χ4n) is 1.72. The second-order valence-electron chi connectivity index (χ2n) is 3.97. The topological polar surface area (TPSA) is 35.3 Å². The van der Waals surface area contributed by atoms with Gasteiger partial charge < -0.3 is 9.26 Å². The molecule has 0 saturated carbocycles. The molecule has 1 heterocycles. The third-order valence-electron chi connectivity index (χ3n) is 2.62. The molecule has 0 aliphatic rings. The van der Waals surface area contributed by atoms with Gasteiger partial charge in [-0.25, -0.2) is 0 Å². The summed E-state index contributed by atoms with van der Waals surface area (Å²) in [5.74, 6) is 1.62. The molecule has 0 unspecified atom stereocenters. The van der Waals surface area contributed by atoms with Crippen molar-refractivity contribution in [2.45, 2.75) is 27.2 Å². The van der Waals surface area contributed by atoms with E-state index >= 15 is 0 Å². The Morgan fingerprint density at radius 2 is 2.06 bits per heavy atom. The summed E-state index contributed by atoms with van der Waals surface area (Å²) in [5.41, 5.74) is 3.11. The van der Waals surface area contributed by atoms with E-state index in [1.165, 1.54) is 5.56 Å². The summed E-state index contributed by atoms with van der Waals surface area (Å²) in [7, 11) is 0. The third-order valence-corrected chi connectivity index (χ3v) is 2.62. The average Bonchev–Trinajstić information content (AvgIpc) is 2.80. The highest BCUT2D eigenvalue weighted by Crippen LogP contribution is 2.31. The summed E-state index contributed by atoms with van der Waals surface area (Å²) in [4.78, 5) is 0. The Kier molecular flexibility index (Phi) is 3.47. The summed E-state index contributed by atoms with van der Waals surface area (Å²) in [6.45, 7) is 6.73. The van der Waals surface area contributed by atoms with Crippen molar-refractivity contribution >= 4 is 0 Å². The Morgan fingerprint density at radius 1 is 1.24 bits per heavy atom. The lowest BCUT2D eigenvalue weighted by Gasteiger charge is -2.08. The number of benzene rings is 1. The van der Waals surface area contributed by atoms with Gasteiger partial charge in [0.25, 0.3) is 0 Å². The minimum absolute atomic E-state index is 0.644. The van der Waals surface area contributed by atoms with Crippen molar-refractivity contribution in [3.05, 3.63) is 35.5 Å². The summed E-state index contributed by atoms with van der Waals surface area (Å²) >= 11 is 0. The van der Waals surface area contributed by atoms with E-state index in [2.05, 4.69) is 25.1 Å². The molecule has 0 radical (unpaired) electrons. The van der Waals surface area contributed by atoms with E-state index < -0.39 is 0 Å². The molecule has 90 valence electrons. The normalized spacial score (nSPS) is 10.5. The lowest BCUT2D eigenvalue weighted by Crippen LogP contribution is -1.94. The van der Waals surface area contributed by atoms with Crippen molar-refractivity contribution < 1.29 is 9.26 Å². The quantitative estimate of drug-likeness (QED) is 0.806. The Hall–Kier alpha value is -1.77. The van der Waals surface area contributed by atoms with Crippen molar-refractivity contribution in [1.82, 2.24) is 5.16 Å². The highest BCUT2D eigenvalue weighted by molar-refractivity contribution is 5.66. The maximum atomic E-state index is 5.60. The van der Waals surface area contributed by atoms with Crippen molar-refractivity contribution in [1.29, 1.82) is 0 Å². The van der Waals surface area contributed by atoms with Crippen LogP contribution in [0.2, 0.25) is 0 Å². The molecule has 0 amide bonds. The second kappa shape index (κ2) is 5.04. The van der Waals surface area contributed by atoms with E-state index in [-0.39, 0.29) is 0 Å². The largest absolute Gasteiger partial charge is 0.493 e. The molecular weight excluding hydrogens is 214 g/mol. The molecule has 2 aromatic rings. The van der Waals surface area contributed by atoms with E-state index in [0.29, 0.717) is 6.61 Å². The van der Waals surface area contributed by atoms with E-state index in [9.17, 15) is 0 Å². The molecule has 3 nitrogen and oxygen atoms in total. The van der Waals surface area contributed by atoms with Gasteiger partial charge in [0.15, 0.2) is 5.76 Å². The van der Waals surface area contributed by atoms with Gasteiger partial charge in [-0.05, 0) is 32.4 Å².